The number of aliphatic hydroxyl groups excluding tert-OH is 2. The Morgan fingerprint density at radius 2 is 1.93 bits per heavy atom. The molecule has 2 fully saturated rings. The molecule has 242 valence electrons. The Balaban J connectivity index is 1.26. The highest BCUT2D eigenvalue weighted by atomic mass is 19.2. The smallest absolute Gasteiger partial charge is 0.407 e. The van der Waals surface area contributed by atoms with E-state index in [9.17, 15) is 23.8 Å². The van der Waals surface area contributed by atoms with Gasteiger partial charge in [-0.25, -0.2) is 18.3 Å². The molecule has 5 atom stereocenters. The molecule has 1 amide bonds. The van der Waals surface area contributed by atoms with E-state index in [4.69, 9.17) is 19.0 Å². The Morgan fingerprint density at radius 3 is 2.59 bits per heavy atom. The zero-order valence-electron chi connectivity index (χ0n) is 25.6. The van der Waals surface area contributed by atoms with Gasteiger partial charge in [-0.05, 0) is 65.0 Å². The number of aromatic nitrogens is 3. The topological polar surface area (TPSA) is 150 Å². The largest absolute Gasteiger partial charge is 0.446 e. The van der Waals surface area contributed by atoms with Gasteiger partial charge >= 0.3 is 6.09 Å². The molecule has 1 saturated heterocycles. The molecule has 2 aromatic rings. The standard InChI is InChI=1S/C30H41F2N5O7/c1-16-6-7-19(24(32)23(16)31)20-14-37(36-34-20)25-26(39)22(15-38)43-21(27(25)41-5)12-17-13-30(44-35-17)10-8-18(9-11-30)42-28(40)33-29(2,3)4/h6-7,14,18,21-22,25-27,38-39H,8-13,15H2,1-5H3,(H,33,40)/t18?,21-,22-,25+,26+,27+,30?/m1/s1. The molecule has 3 aliphatic rings. The number of hydrogen-bond acceptors (Lipinski definition) is 10. The summed E-state index contributed by atoms with van der Waals surface area (Å²) in [6.07, 6.45) is 0.596. The number of halogens is 2. The number of aryl methyl sites for hydroxylation is 1. The van der Waals surface area contributed by atoms with Gasteiger partial charge in [0.2, 0.25) is 0 Å². The lowest BCUT2D eigenvalue weighted by Crippen LogP contribution is -2.57. The molecule has 1 spiro atoms. The number of aliphatic hydroxyl groups is 2. The number of amides is 1. The second-order valence-corrected chi connectivity index (χ2v) is 13.0. The third-order valence-electron chi connectivity index (χ3n) is 8.53. The van der Waals surface area contributed by atoms with Crippen molar-refractivity contribution in [2.24, 2.45) is 5.16 Å². The molecule has 44 heavy (non-hydrogen) atoms. The summed E-state index contributed by atoms with van der Waals surface area (Å²) in [4.78, 5) is 18.1. The van der Waals surface area contributed by atoms with E-state index in [1.54, 1.807) is 0 Å². The number of nitrogens with one attached hydrogen (secondary N) is 1. The predicted molar refractivity (Wildman–Crippen MR) is 154 cm³/mol. The number of carbonyl (C=O) groups is 1. The summed E-state index contributed by atoms with van der Waals surface area (Å²) in [7, 11) is 1.47. The molecule has 0 radical (unpaired) electrons. The number of hydrogen-bond donors (Lipinski definition) is 3. The van der Waals surface area contributed by atoms with Crippen LogP contribution in [0.25, 0.3) is 11.3 Å². The van der Waals surface area contributed by atoms with Crippen LogP contribution in [0.15, 0.2) is 23.5 Å². The number of methoxy groups -OCH3 is 1. The van der Waals surface area contributed by atoms with Crippen LogP contribution in [0.1, 0.15) is 70.9 Å². The maximum absolute atomic E-state index is 14.7. The normalized spacial score (nSPS) is 30.6. The molecule has 2 aliphatic heterocycles. The number of carbonyl (C=O) groups excluding carboxylic acids is 1. The van der Waals surface area contributed by atoms with Gasteiger partial charge in [0.05, 0.1) is 24.6 Å². The molecule has 1 aliphatic carbocycles. The number of nitrogens with zero attached hydrogens (tertiary/aromatic N) is 4. The SMILES string of the molecule is CO[C@@H]1[C@@H](n2cc(-c3ccc(C)c(F)c3F)nn2)[C@@H](O)[C@@H](CO)O[C@@H]1CC1=NOC2(CCC(OC(=O)NC(C)(C)C)CC2)C1. The summed E-state index contributed by atoms with van der Waals surface area (Å²) in [5, 5.41) is 36.5. The van der Waals surface area contributed by atoms with Crippen LogP contribution in [-0.2, 0) is 19.0 Å². The van der Waals surface area contributed by atoms with E-state index in [0.29, 0.717) is 38.5 Å². The van der Waals surface area contributed by atoms with E-state index in [-0.39, 0.29) is 28.5 Å². The average Bonchev–Trinajstić information content (AvgIpc) is 3.60. The number of oxime groups is 1. The van der Waals surface area contributed by atoms with E-state index < -0.39 is 60.4 Å². The second kappa shape index (κ2) is 12.7. The maximum atomic E-state index is 14.7. The quantitative estimate of drug-likeness (QED) is 0.422. The van der Waals surface area contributed by atoms with Crippen molar-refractivity contribution in [1.29, 1.82) is 0 Å². The zero-order chi connectivity index (χ0) is 31.8. The first-order valence-electron chi connectivity index (χ1n) is 14.9. The lowest BCUT2D eigenvalue weighted by molar-refractivity contribution is -0.210. The van der Waals surface area contributed by atoms with Crippen LogP contribution in [0, 0.1) is 18.6 Å². The third kappa shape index (κ3) is 6.72. The van der Waals surface area contributed by atoms with Gasteiger partial charge in [0.15, 0.2) is 11.6 Å². The maximum Gasteiger partial charge on any atom is 0.407 e. The molecule has 1 saturated carbocycles. The predicted octanol–water partition coefficient (Wildman–Crippen LogP) is 3.58. The summed E-state index contributed by atoms with van der Waals surface area (Å²) >= 11 is 0. The lowest BCUT2D eigenvalue weighted by Gasteiger charge is -2.43. The number of rotatable bonds is 7. The Morgan fingerprint density at radius 1 is 1.20 bits per heavy atom. The van der Waals surface area contributed by atoms with Gasteiger partial charge in [-0.1, -0.05) is 16.4 Å². The van der Waals surface area contributed by atoms with Crippen LogP contribution in [0.5, 0.6) is 0 Å². The van der Waals surface area contributed by atoms with E-state index in [1.165, 1.54) is 37.0 Å². The molecular formula is C30H41F2N5O7. The minimum atomic E-state index is -1.24. The first kappa shape index (κ1) is 32.2. The fourth-order valence-electron chi connectivity index (χ4n) is 6.25. The van der Waals surface area contributed by atoms with Crippen molar-refractivity contribution in [3.05, 3.63) is 35.5 Å². The lowest BCUT2D eigenvalue weighted by atomic mass is 9.79. The molecule has 14 heteroatoms. The zero-order valence-corrected chi connectivity index (χ0v) is 25.6. The van der Waals surface area contributed by atoms with Crippen LogP contribution in [0.2, 0.25) is 0 Å². The van der Waals surface area contributed by atoms with Gasteiger partial charge in [0.25, 0.3) is 0 Å². The van der Waals surface area contributed by atoms with Crippen molar-refractivity contribution in [3.8, 4) is 11.3 Å². The highest BCUT2D eigenvalue weighted by Gasteiger charge is 2.49. The molecule has 12 nitrogen and oxygen atoms in total. The van der Waals surface area contributed by atoms with Crippen molar-refractivity contribution in [2.75, 3.05) is 13.7 Å². The molecule has 1 aromatic carbocycles. The van der Waals surface area contributed by atoms with Crippen molar-refractivity contribution in [3.63, 3.8) is 0 Å². The van der Waals surface area contributed by atoms with E-state index in [2.05, 4.69) is 20.8 Å². The summed E-state index contributed by atoms with van der Waals surface area (Å²) in [5.74, 6) is -2.01. The van der Waals surface area contributed by atoms with Gasteiger partial charge in [-0.15, -0.1) is 5.10 Å². The van der Waals surface area contributed by atoms with Crippen LogP contribution in [0.3, 0.4) is 0 Å². The van der Waals surface area contributed by atoms with Crippen LogP contribution >= 0.6 is 0 Å². The Kier molecular flexibility index (Phi) is 9.26. The summed E-state index contributed by atoms with van der Waals surface area (Å²) in [5.41, 5.74) is 0.0313. The van der Waals surface area contributed by atoms with Crippen molar-refractivity contribution in [2.45, 2.75) is 114 Å². The summed E-state index contributed by atoms with van der Waals surface area (Å²) in [6, 6.07) is 2.01. The van der Waals surface area contributed by atoms with Gasteiger partial charge in [0.1, 0.15) is 41.8 Å². The van der Waals surface area contributed by atoms with Crippen LogP contribution in [0.4, 0.5) is 13.6 Å². The number of ether oxygens (including phenoxy) is 3. The van der Waals surface area contributed by atoms with Crippen molar-refractivity contribution < 1.29 is 42.8 Å². The Bertz CT molecular complexity index is 1370. The fraction of sp³-hybridized carbons (Fsp3) is 0.667. The third-order valence-corrected chi connectivity index (χ3v) is 8.53. The fourth-order valence-corrected chi connectivity index (χ4v) is 6.25. The minimum absolute atomic E-state index is 0.0668. The van der Waals surface area contributed by atoms with Gasteiger partial charge in [0, 0.05) is 31.1 Å². The molecule has 5 rings (SSSR count). The average molecular weight is 622 g/mol. The molecule has 3 N–H and O–H groups in total. The molecule has 0 unspecified atom stereocenters. The van der Waals surface area contributed by atoms with Gasteiger partial charge in [-0.3, -0.25) is 0 Å². The molecule has 0 bridgehead atoms. The first-order valence-corrected chi connectivity index (χ1v) is 14.9. The van der Waals surface area contributed by atoms with Crippen molar-refractivity contribution in [1.82, 2.24) is 20.3 Å². The molecular weight excluding hydrogens is 580 g/mol. The Hall–Kier alpha value is -3.20. The highest BCUT2D eigenvalue weighted by molar-refractivity contribution is 5.86. The van der Waals surface area contributed by atoms with E-state index >= 15 is 0 Å². The highest BCUT2D eigenvalue weighted by Crippen LogP contribution is 2.42. The van der Waals surface area contributed by atoms with Gasteiger partial charge < -0.3 is 34.6 Å². The van der Waals surface area contributed by atoms with Crippen molar-refractivity contribution >= 4 is 11.8 Å². The monoisotopic (exact) mass is 621 g/mol. The summed E-state index contributed by atoms with van der Waals surface area (Å²) < 4.78 is 47.7. The van der Waals surface area contributed by atoms with Crippen LogP contribution < -0.4 is 5.32 Å². The number of benzene rings is 1. The molecule has 3 heterocycles. The molecule has 1 aromatic heterocycles. The van der Waals surface area contributed by atoms with Gasteiger partial charge in [-0.2, -0.15) is 0 Å². The number of alkyl carbamates (subject to hydrolysis) is 1. The van der Waals surface area contributed by atoms with E-state index in [1.807, 2.05) is 20.8 Å². The minimum Gasteiger partial charge on any atom is -0.446 e. The first-order chi connectivity index (χ1) is 20.8. The van der Waals surface area contributed by atoms with Crippen LogP contribution in [-0.4, -0.2) is 92.4 Å². The second-order valence-electron chi connectivity index (χ2n) is 13.0. The Labute approximate surface area is 254 Å². The van der Waals surface area contributed by atoms with E-state index in [0.717, 1.165) is 5.71 Å². The summed E-state index contributed by atoms with van der Waals surface area (Å²) in [6.45, 7) is 6.67.